The Kier molecular flexibility index (Phi) is 4.90. The van der Waals surface area contributed by atoms with Gasteiger partial charge >= 0.3 is 0 Å². The molecule has 0 spiro atoms. The van der Waals surface area contributed by atoms with E-state index in [1.807, 2.05) is 0 Å². The van der Waals surface area contributed by atoms with Crippen molar-refractivity contribution in [3.8, 4) is 0 Å². The summed E-state index contributed by atoms with van der Waals surface area (Å²) < 4.78 is 0. The van der Waals surface area contributed by atoms with E-state index in [1.165, 1.54) is 48.8 Å². The molecule has 20 heavy (non-hydrogen) atoms. The van der Waals surface area contributed by atoms with Gasteiger partial charge in [0.15, 0.2) is 0 Å². The first-order valence-corrected chi connectivity index (χ1v) is 8.15. The molecule has 0 saturated heterocycles. The summed E-state index contributed by atoms with van der Waals surface area (Å²) in [7, 11) is 2.13. The molecular weight excluding hydrogens is 242 g/mol. The molecule has 1 aliphatic carbocycles. The Morgan fingerprint density at radius 1 is 1.20 bits per heavy atom. The second-order valence-electron chi connectivity index (χ2n) is 7.53. The fourth-order valence-electron chi connectivity index (χ4n) is 3.59. The zero-order chi connectivity index (χ0) is 14.8. The second-order valence-corrected chi connectivity index (χ2v) is 7.53. The van der Waals surface area contributed by atoms with Crippen molar-refractivity contribution in [1.82, 2.24) is 5.32 Å². The molecule has 0 radical (unpaired) electrons. The van der Waals surface area contributed by atoms with Crippen LogP contribution in [0.15, 0.2) is 18.2 Å². The Labute approximate surface area is 125 Å². The monoisotopic (exact) mass is 273 g/mol. The standard InChI is InChI=1S/C19H31N/c1-14-6-7-15(2)17(12-14)13-18(20-5)16-8-10-19(3,4)11-9-16/h6-7,12,16,18,20H,8-11,13H2,1-5H3. The third-order valence-corrected chi connectivity index (χ3v) is 5.27. The number of hydrogen-bond donors (Lipinski definition) is 1. The van der Waals surface area contributed by atoms with Crippen LogP contribution in [0.25, 0.3) is 0 Å². The van der Waals surface area contributed by atoms with Gasteiger partial charge in [0.2, 0.25) is 0 Å². The largest absolute Gasteiger partial charge is 0.316 e. The van der Waals surface area contributed by atoms with Crippen LogP contribution < -0.4 is 5.32 Å². The van der Waals surface area contributed by atoms with Gasteiger partial charge in [0.25, 0.3) is 0 Å². The van der Waals surface area contributed by atoms with Gasteiger partial charge in [-0.25, -0.2) is 0 Å². The molecule has 2 rings (SSSR count). The van der Waals surface area contributed by atoms with E-state index in [0.717, 1.165) is 5.92 Å². The van der Waals surface area contributed by atoms with Crippen molar-refractivity contribution in [2.24, 2.45) is 11.3 Å². The molecule has 1 heteroatoms. The van der Waals surface area contributed by atoms with E-state index < -0.39 is 0 Å². The molecule has 1 aromatic rings. The van der Waals surface area contributed by atoms with Gasteiger partial charge < -0.3 is 5.32 Å². The van der Waals surface area contributed by atoms with Crippen molar-refractivity contribution in [2.45, 2.75) is 65.8 Å². The molecule has 1 unspecified atom stereocenters. The zero-order valence-corrected chi connectivity index (χ0v) is 13.9. The summed E-state index contributed by atoms with van der Waals surface area (Å²) in [6.45, 7) is 9.27. The van der Waals surface area contributed by atoms with Crippen LogP contribution in [-0.4, -0.2) is 13.1 Å². The lowest BCUT2D eigenvalue weighted by Gasteiger charge is -2.38. The van der Waals surface area contributed by atoms with Crippen molar-refractivity contribution in [3.63, 3.8) is 0 Å². The van der Waals surface area contributed by atoms with Gasteiger partial charge in [-0.15, -0.1) is 0 Å². The molecule has 1 aromatic carbocycles. The maximum Gasteiger partial charge on any atom is 0.0133 e. The third-order valence-electron chi connectivity index (χ3n) is 5.27. The summed E-state index contributed by atoms with van der Waals surface area (Å²) in [5, 5.41) is 3.59. The minimum absolute atomic E-state index is 0.564. The van der Waals surface area contributed by atoms with E-state index in [2.05, 4.69) is 58.3 Å². The highest BCUT2D eigenvalue weighted by Gasteiger charge is 2.30. The fourth-order valence-corrected chi connectivity index (χ4v) is 3.59. The van der Waals surface area contributed by atoms with Gasteiger partial charge in [-0.2, -0.15) is 0 Å². The van der Waals surface area contributed by atoms with Crippen LogP contribution in [0.1, 0.15) is 56.2 Å². The van der Waals surface area contributed by atoms with Gasteiger partial charge in [0, 0.05) is 6.04 Å². The SMILES string of the molecule is CNC(Cc1cc(C)ccc1C)C1CCC(C)(C)CC1. The first-order chi connectivity index (χ1) is 9.41. The van der Waals surface area contributed by atoms with Crippen LogP contribution in [0, 0.1) is 25.2 Å². The summed E-state index contributed by atoms with van der Waals surface area (Å²) in [5.41, 5.74) is 4.90. The van der Waals surface area contributed by atoms with Crippen molar-refractivity contribution in [3.05, 3.63) is 34.9 Å². The Morgan fingerprint density at radius 3 is 2.45 bits per heavy atom. The van der Waals surface area contributed by atoms with Gasteiger partial charge in [0.1, 0.15) is 0 Å². The van der Waals surface area contributed by atoms with E-state index >= 15 is 0 Å². The lowest BCUT2D eigenvalue weighted by Crippen LogP contribution is -2.39. The molecular formula is C19H31N. The number of hydrogen-bond acceptors (Lipinski definition) is 1. The maximum atomic E-state index is 3.59. The van der Waals surface area contributed by atoms with Crippen molar-refractivity contribution in [1.29, 1.82) is 0 Å². The minimum atomic E-state index is 0.564. The van der Waals surface area contributed by atoms with Crippen LogP contribution in [-0.2, 0) is 6.42 Å². The summed E-state index contributed by atoms with van der Waals surface area (Å²) in [6.07, 6.45) is 6.69. The molecule has 1 N–H and O–H groups in total. The van der Waals surface area contributed by atoms with Crippen molar-refractivity contribution >= 4 is 0 Å². The van der Waals surface area contributed by atoms with Crippen LogP contribution in [0.4, 0.5) is 0 Å². The molecule has 1 fully saturated rings. The summed E-state index contributed by atoms with van der Waals surface area (Å²) in [5.74, 6) is 0.841. The number of aryl methyl sites for hydroxylation is 2. The molecule has 0 bridgehead atoms. The third kappa shape index (κ3) is 3.85. The topological polar surface area (TPSA) is 12.0 Å². The molecule has 1 nitrogen and oxygen atoms in total. The maximum absolute atomic E-state index is 3.59. The summed E-state index contributed by atoms with van der Waals surface area (Å²) >= 11 is 0. The van der Waals surface area contributed by atoms with Gasteiger partial charge in [-0.05, 0) is 75.5 Å². The Bertz CT molecular complexity index is 437. The predicted molar refractivity (Wildman–Crippen MR) is 88.2 cm³/mol. The normalized spacial score (nSPS) is 20.9. The van der Waals surface area contributed by atoms with E-state index in [-0.39, 0.29) is 0 Å². The molecule has 0 amide bonds. The molecule has 0 aromatic heterocycles. The van der Waals surface area contributed by atoms with Gasteiger partial charge in [-0.1, -0.05) is 37.6 Å². The second kappa shape index (κ2) is 6.30. The molecule has 0 heterocycles. The number of benzene rings is 1. The smallest absolute Gasteiger partial charge is 0.0133 e. The molecule has 1 aliphatic rings. The van der Waals surface area contributed by atoms with E-state index in [0.29, 0.717) is 11.5 Å². The van der Waals surface area contributed by atoms with Gasteiger partial charge in [-0.3, -0.25) is 0 Å². The van der Waals surface area contributed by atoms with Crippen LogP contribution in [0.2, 0.25) is 0 Å². The Morgan fingerprint density at radius 2 is 1.85 bits per heavy atom. The Balaban J connectivity index is 2.04. The van der Waals surface area contributed by atoms with Gasteiger partial charge in [0.05, 0.1) is 0 Å². The molecule has 112 valence electrons. The van der Waals surface area contributed by atoms with E-state index in [1.54, 1.807) is 0 Å². The molecule has 0 aliphatic heterocycles. The van der Waals surface area contributed by atoms with Crippen LogP contribution in [0.3, 0.4) is 0 Å². The Hall–Kier alpha value is -0.820. The average Bonchev–Trinajstić information content (AvgIpc) is 2.40. The minimum Gasteiger partial charge on any atom is -0.316 e. The van der Waals surface area contributed by atoms with Crippen LogP contribution >= 0.6 is 0 Å². The molecule has 1 atom stereocenters. The highest BCUT2D eigenvalue weighted by Crippen LogP contribution is 2.39. The predicted octanol–water partition coefficient (Wildman–Crippen LogP) is 4.65. The molecule has 1 saturated carbocycles. The van der Waals surface area contributed by atoms with Crippen molar-refractivity contribution in [2.75, 3.05) is 7.05 Å². The van der Waals surface area contributed by atoms with Crippen LogP contribution in [0.5, 0.6) is 0 Å². The lowest BCUT2D eigenvalue weighted by molar-refractivity contribution is 0.163. The average molecular weight is 273 g/mol. The highest BCUT2D eigenvalue weighted by atomic mass is 14.9. The highest BCUT2D eigenvalue weighted by molar-refractivity contribution is 5.31. The summed E-state index contributed by atoms with van der Waals surface area (Å²) in [4.78, 5) is 0. The quantitative estimate of drug-likeness (QED) is 0.842. The zero-order valence-electron chi connectivity index (χ0n) is 13.9. The van der Waals surface area contributed by atoms with E-state index in [4.69, 9.17) is 0 Å². The number of likely N-dealkylation sites (N-methyl/N-ethyl adjacent to an activating group) is 1. The summed E-state index contributed by atoms with van der Waals surface area (Å²) in [6, 6.07) is 7.48. The lowest BCUT2D eigenvalue weighted by atomic mass is 9.70. The first kappa shape index (κ1) is 15.6. The van der Waals surface area contributed by atoms with Crippen molar-refractivity contribution < 1.29 is 0 Å². The number of rotatable bonds is 4. The van der Waals surface area contributed by atoms with E-state index in [9.17, 15) is 0 Å². The first-order valence-electron chi connectivity index (χ1n) is 8.15. The fraction of sp³-hybridized carbons (Fsp3) is 0.684. The number of nitrogens with one attached hydrogen (secondary N) is 1.